The highest BCUT2D eigenvalue weighted by atomic mass is 16.7. The van der Waals surface area contributed by atoms with Gasteiger partial charge in [0.05, 0.1) is 0 Å². The molecular formula is C19H32O2. The Morgan fingerprint density at radius 2 is 1.38 bits per heavy atom. The number of rotatable bonds is 12. The molecule has 0 fully saturated rings. The lowest BCUT2D eigenvalue weighted by molar-refractivity contribution is -0.210. The fourth-order valence-electron chi connectivity index (χ4n) is 2.78. The molecule has 1 rings (SSSR count). The number of hydrogen-bond donors (Lipinski definition) is 0. The third-order valence-electron chi connectivity index (χ3n) is 4.22. The molecule has 0 atom stereocenters. The normalized spacial score (nSPS) is 11.8. The Morgan fingerprint density at radius 3 is 1.95 bits per heavy atom. The molecule has 1 aromatic rings. The third kappa shape index (κ3) is 7.10. The average molecular weight is 292 g/mol. The molecule has 0 aliphatic carbocycles. The monoisotopic (exact) mass is 292 g/mol. The van der Waals surface area contributed by atoms with E-state index in [1.54, 1.807) is 14.2 Å². The summed E-state index contributed by atoms with van der Waals surface area (Å²) in [6.07, 6.45) is 11.0. The summed E-state index contributed by atoms with van der Waals surface area (Å²) < 4.78 is 11.4. The number of unbranched alkanes of at least 4 members (excludes halogenated alkanes) is 6. The molecule has 2 nitrogen and oxygen atoms in total. The van der Waals surface area contributed by atoms with Crippen molar-refractivity contribution in [3.05, 3.63) is 35.9 Å². The Kier molecular flexibility index (Phi) is 9.36. The molecule has 0 amide bonds. The van der Waals surface area contributed by atoms with E-state index >= 15 is 0 Å². The second-order valence-corrected chi connectivity index (χ2v) is 5.85. The maximum absolute atomic E-state index is 5.71. The maximum atomic E-state index is 5.71. The van der Waals surface area contributed by atoms with Gasteiger partial charge in [0.2, 0.25) is 0 Å². The number of benzene rings is 1. The van der Waals surface area contributed by atoms with Crippen LogP contribution in [0, 0.1) is 0 Å². The van der Waals surface area contributed by atoms with E-state index in [-0.39, 0.29) is 0 Å². The van der Waals surface area contributed by atoms with Crippen LogP contribution in [0.5, 0.6) is 0 Å². The lowest BCUT2D eigenvalue weighted by Gasteiger charge is -2.31. The molecule has 0 bridgehead atoms. The van der Waals surface area contributed by atoms with Crippen LogP contribution in [0.25, 0.3) is 0 Å². The first-order valence-electron chi connectivity index (χ1n) is 8.40. The molecule has 120 valence electrons. The van der Waals surface area contributed by atoms with Crippen molar-refractivity contribution in [2.45, 2.75) is 70.5 Å². The molecule has 0 aliphatic heterocycles. The van der Waals surface area contributed by atoms with Crippen molar-refractivity contribution in [3.63, 3.8) is 0 Å². The fourth-order valence-corrected chi connectivity index (χ4v) is 2.78. The molecule has 0 heterocycles. The number of hydrogen-bond acceptors (Lipinski definition) is 2. The topological polar surface area (TPSA) is 18.5 Å². The minimum Gasteiger partial charge on any atom is -0.353 e. The van der Waals surface area contributed by atoms with Crippen LogP contribution in [0.2, 0.25) is 0 Å². The minimum atomic E-state index is -0.467. The smallest absolute Gasteiger partial charge is 0.171 e. The Balaban J connectivity index is 2.35. The maximum Gasteiger partial charge on any atom is 0.171 e. The van der Waals surface area contributed by atoms with E-state index < -0.39 is 5.79 Å². The van der Waals surface area contributed by atoms with Crippen molar-refractivity contribution in [1.82, 2.24) is 0 Å². The molecule has 0 radical (unpaired) electrons. The van der Waals surface area contributed by atoms with E-state index in [1.807, 2.05) is 6.07 Å². The van der Waals surface area contributed by atoms with Gasteiger partial charge >= 0.3 is 0 Å². The lowest BCUT2D eigenvalue weighted by Crippen LogP contribution is -2.36. The van der Waals surface area contributed by atoms with Gasteiger partial charge in [0.25, 0.3) is 0 Å². The summed E-state index contributed by atoms with van der Waals surface area (Å²) >= 11 is 0. The summed E-state index contributed by atoms with van der Waals surface area (Å²) in [6, 6.07) is 10.5. The molecule has 0 aliphatic rings. The summed E-state index contributed by atoms with van der Waals surface area (Å²) in [6.45, 7) is 2.26. The molecule has 0 aromatic heterocycles. The molecule has 21 heavy (non-hydrogen) atoms. The van der Waals surface area contributed by atoms with E-state index in [1.165, 1.54) is 50.5 Å². The highest BCUT2D eigenvalue weighted by Crippen LogP contribution is 2.25. The Labute approximate surface area is 130 Å². The van der Waals surface area contributed by atoms with Crippen LogP contribution in [-0.4, -0.2) is 20.0 Å². The zero-order valence-corrected chi connectivity index (χ0v) is 14.1. The van der Waals surface area contributed by atoms with Gasteiger partial charge < -0.3 is 9.47 Å². The summed E-state index contributed by atoms with van der Waals surface area (Å²) in [5.41, 5.74) is 1.27. The third-order valence-corrected chi connectivity index (χ3v) is 4.22. The largest absolute Gasteiger partial charge is 0.353 e. The number of methoxy groups -OCH3 is 2. The summed E-state index contributed by atoms with van der Waals surface area (Å²) in [7, 11) is 3.52. The van der Waals surface area contributed by atoms with Gasteiger partial charge in [0.15, 0.2) is 5.79 Å². The predicted octanol–water partition coefficient (Wildman–Crippen LogP) is 5.36. The van der Waals surface area contributed by atoms with Crippen molar-refractivity contribution in [3.8, 4) is 0 Å². The molecule has 0 unspecified atom stereocenters. The van der Waals surface area contributed by atoms with E-state index in [4.69, 9.17) is 9.47 Å². The van der Waals surface area contributed by atoms with Gasteiger partial charge in [-0.2, -0.15) is 0 Å². The highest BCUT2D eigenvalue weighted by molar-refractivity contribution is 5.16. The van der Waals surface area contributed by atoms with Crippen LogP contribution in [0.3, 0.4) is 0 Å². The molecule has 0 saturated heterocycles. The van der Waals surface area contributed by atoms with Gasteiger partial charge in [-0.05, 0) is 12.0 Å². The van der Waals surface area contributed by atoms with Crippen LogP contribution in [0.1, 0.15) is 63.9 Å². The Morgan fingerprint density at radius 1 is 0.810 bits per heavy atom. The van der Waals surface area contributed by atoms with Crippen LogP contribution >= 0.6 is 0 Å². The minimum absolute atomic E-state index is 0.467. The first-order valence-corrected chi connectivity index (χ1v) is 8.40. The second kappa shape index (κ2) is 10.8. The SMILES string of the molecule is CCCCCCCCCC(Cc1ccccc1)(OC)OC. The molecule has 0 saturated carbocycles. The van der Waals surface area contributed by atoms with Crippen LogP contribution in [0.15, 0.2) is 30.3 Å². The highest BCUT2D eigenvalue weighted by Gasteiger charge is 2.29. The van der Waals surface area contributed by atoms with Gasteiger partial charge in [-0.1, -0.05) is 75.8 Å². The quantitative estimate of drug-likeness (QED) is 0.381. The first kappa shape index (κ1) is 18.2. The second-order valence-electron chi connectivity index (χ2n) is 5.85. The van der Waals surface area contributed by atoms with E-state index in [0.717, 1.165) is 12.8 Å². The number of ether oxygens (including phenoxy) is 2. The fraction of sp³-hybridized carbons (Fsp3) is 0.684. The Hall–Kier alpha value is -0.860. The molecule has 0 spiro atoms. The Bertz CT molecular complexity index is 344. The van der Waals surface area contributed by atoms with Gasteiger partial charge in [-0.3, -0.25) is 0 Å². The van der Waals surface area contributed by atoms with Crippen molar-refractivity contribution in [2.24, 2.45) is 0 Å². The molecule has 1 aromatic carbocycles. The first-order chi connectivity index (χ1) is 10.3. The van der Waals surface area contributed by atoms with Crippen LogP contribution < -0.4 is 0 Å². The summed E-state index contributed by atoms with van der Waals surface area (Å²) in [5.74, 6) is -0.467. The van der Waals surface area contributed by atoms with Gasteiger partial charge in [-0.15, -0.1) is 0 Å². The van der Waals surface area contributed by atoms with Crippen molar-refractivity contribution >= 4 is 0 Å². The van der Waals surface area contributed by atoms with Crippen LogP contribution in [0.4, 0.5) is 0 Å². The predicted molar refractivity (Wildman–Crippen MR) is 89.5 cm³/mol. The zero-order chi connectivity index (χ0) is 15.4. The van der Waals surface area contributed by atoms with Crippen molar-refractivity contribution < 1.29 is 9.47 Å². The molecule has 2 heteroatoms. The lowest BCUT2D eigenvalue weighted by atomic mass is 9.98. The van der Waals surface area contributed by atoms with Gasteiger partial charge in [0, 0.05) is 27.1 Å². The molecule has 0 N–H and O–H groups in total. The standard InChI is InChI=1S/C19H32O2/c1-4-5-6-7-8-9-13-16-19(20-2,21-3)17-18-14-11-10-12-15-18/h10-12,14-15H,4-9,13,16-17H2,1-3H3. The van der Waals surface area contributed by atoms with Gasteiger partial charge in [-0.25, -0.2) is 0 Å². The average Bonchev–Trinajstić information content (AvgIpc) is 2.54. The van der Waals surface area contributed by atoms with Crippen molar-refractivity contribution in [2.75, 3.05) is 14.2 Å². The van der Waals surface area contributed by atoms with E-state index in [0.29, 0.717) is 0 Å². The van der Waals surface area contributed by atoms with Crippen LogP contribution in [-0.2, 0) is 15.9 Å². The summed E-state index contributed by atoms with van der Waals surface area (Å²) in [4.78, 5) is 0. The van der Waals surface area contributed by atoms with E-state index in [2.05, 4.69) is 31.2 Å². The van der Waals surface area contributed by atoms with Crippen molar-refractivity contribution in [1.29, 1.82) is 0 Å². The zero-order valence-electron chi connectivity index (χ0n) is 14.1. The van der Waals surface area contributed by atoms with E-state index in [9.17, 15) is 0 Å². The summed E-state index contributed by atoms with van der Waals surface area (Å²) in [5, 5.41) is 0. The van der Waals surface area contributed by atoms with Gasteiger partial charge in [0.1, 0.15) is 0 Å². The molecular weight excluding hydrogens is 260 g/mol.